The standard InChI is InChI=1S/C18H17N3O5/c1-3-26-15(23)11-9-21(17(25)19-14(11)22)10-4-5-13-12(8-10)18(6-7-18)16(24)20(13)2/h4-5,8-9H,3,6-7H2,1-2H3,(H,19,22,25). The highest BCUT2D eigenvalue weighted by atomic mass is 16.5. The lowest BCUT2D eigenvalue weighted by molar-refractivity contribution is -0.119. The summed E-state index contributed by atoms with van der Waals surface area (Å²) < 4.78 is 6.05. The number of rotatable bonds is 3. The summed E-state index contributed by atoms with van der Waals surface area (Å²) >= 11 is 0. The first-order valence-corrected chi connectivity index (χ1v) is 8.35. The molecule has 1 aromatic heterocycles. The first-order chi connectivity index (χ1) is 12.4. The molecular formula is C18H17N3O5. The number of likely N-dealkylation sites (N-methyl/N-ethyl adjacent to an activating group) is 1. The Bertz CT molecular complexity index is 1060. The fourth-order valence-electron chi connectivity index (χ4n) is 3.52. The maximum Gasteiger partial charge on any atom is 0.345 e. The average molecular weight is 355 g/mol. The van der Waals surface area contributed by atoms with Crippen LogP contribution in [0.25, 0.3) is 5.69 Å². The number of amides is 1. The van der Waals surface area contributed by atoms with Crippen LogP contribution in [0.4, 0.5) is 5.69 Å². The molecule has 1 aliphatic carbocycles. The van der Waals surface area contributed by atoms with Crippen LogP contribution in [0.5, 0.6) is 0 Å². The van der Waals surface area contributed by atoms with E-state index in [0.29, 0.717) is 5.69 Å². The number of hydrogen-bond acceptors (Lipinski definition) is 5. The average Bonchev–Trinajstić information content (AvgIpc) is 3.38. The number of hydrogen-bond donors (Lipinski definition) is 1. The lowest BCUT2D eigenvalue weighted by Crippen LogP contribution is -2.33. The molecule has 1 spiro atoms. The molecule has 8 heteroatoms. The van der Waals surface area contributed by atoms with Crippen LogP contribution < -0.4 is 16.1 Å². The van der Waals surface area contributed by atoms with Crippen molar-refractivity contribution in [3.63, 3.8) is 0 Å². The van der Waals surface area contributed by atoms with Gasteiger partial charge in [0.2, 0.25) is 5.91 Å². The summed E-state index contributed by atoms with van der Waals surface area (Å²) in [7, 11) is 1.74. The van der Waals surface area contributed by atoms with Crippen molar-refractivity contribution in [2.24, 2.45) is 0 Å². The fourth-order valence-corrected chi connectivity index (χ4v) is 3.52. The van der Waals surface area contributed by atoms with Crippen LogP contribution in [0.15, 0.2) is 34.0 Å². The van der Waals surface area contributed by atoms with Crippen molar-refractivity contribution < 1.29 is 14.3 Å². The van der Waals surface area contributed by atoms with E-state index >= 15 is 0 Å². The van der Waals surface area contributed by atoms with Crippen LogP contribution in [0.3, 0.4) is 0 Å². The number of fused-ring (bicyclic) bond motifs is 2. The molecule has 1 N–H and O–H groups in total. The van der Waals surface area contributed by atoms with E-state index in [1.54, 1.807) is 37.1 Å². The molecule has 134 valence electrons. The quantitative estimate of drug-likeness (QED) is 0.817. The van der Waals surface area contributed by atoms with E-state index in [9.17, 15) is 19.2 Å². The maximum absolute atomic E-state index is 12.5. The molecule has 1 aliphatic heterocycles. The highest BCUT2D eigenvalue weighted by Gasteiger charge is 2.58. The van der Waals surface area contributed by atoms with Gasteiger partial charge < -0.3 is 9.64 Å². The van der Waals surface area contributed by atoms with Gasteiger partial charge in [-0.2, -0.15) is 0 Å². The minimum absolute atomic E-state index is 0.0608. The first kappa shape index (κ1) is 16.3. The van der Waals surface area contributed by atoms with E-state index in [4.69, 9.17) is 4.74 Å². The molecule has 1 amide bonds. The smallest absolute Gasteiger partial charge is 0.345 e. The Morgan fingerprint density at radius 3 is 2.65 bits per heavy atom. The number of aromatic amines is 1. The van der Waals surface area contributed by atoms with Crippen LogP contribution in [0.2, 0.25) is 0 Å². The van der Waals surface area contributed by atoms with Gasteiger partial charge in [-0.1, -0.05) is 0 Å². The van der Waals surface area contributed by atoms with E-state index in [0.717, 1.165) is 24.1 Å². The third-order valence-corrected chi connectivity index (χ3v) is 5.04. The van der Waals surface area contributed by atoms with Crippen molar-refractivity contribution >= 4 is 17.6 Å². The van der Waals surface area contributed by atoms with E-state index in [1.807, 2.05) is 0 Å². The summed E-state index contributed by atoms with van der Waals surface area (Å²) in [5.41, 5.74) is -0.0238. The number of aromatic nitrogens is 2. The number of H-pyrrole nitrogens is 1. The van der Waals surface area contributed by atoms with Crippen LogP contribution in [-0.2, 0) is 14.9 Å². The molecule has 1 fully saturated rings. The molecule has 0 unspecified atom stereocenters. The number of carbonyl (C=O) groups is 2. The lowest BCUT2D eigenvalue weighted by Gasteiger charge is -2.12. The van der Waals surface area contributed by atoms with Crippen LogP contribution >= 0.6 is 0 Å². The predicted molar refractivity (Wildman–Crippen MR) is 92.9 cm³/mol. The zero-order valence-electron chi connectivity index (χ0n) is 14.4. The Kier molecular flexibility index (Phi) is 3.40. The van der Waals surface area contributed by atoms with Crippen molar-refractivity contribution in [1.82, 2.24) is 9.55 Å². The molecule has 26 heavy (non-hydrogen) atoms. The lowest BCUT2D eigenvalue weighted by atomic mass is 9.97. The minimum Gasteiger partial charge on any atom is -0.462 e. The molecular weight excluding hydrogens is 338 g/mol. The van der Waals surface area contributed by atoms with Crippen molar-refractivity contribution in [2.45, 2.75) is 25.2 Å². The SMILES string of the molecule is CCOC(=O)c1cn(-c2ccc3c(c2)C2(CC2)C(=O)N3C)c(=O)[nH]c1=O. The molecule has 2 heterocycles. The van der Waals surface area contributed by atoms with Gasteiger partial charge in [-0.3, -0.25) is 19.1 Å². The summed E-state index contributed by atoms with van der Waals surface area (Å²) in [4.78, 5) is 52.3. The van der Waals surface area contributed by atoms with Crippen molar-refractivity contribution in [2.75, 3.05) is 18.6 Å². The summed E-state index contributed by atoms with van der Waals surface area (Å²) in [5.74, 6) is -0.733. The Balaban J connectivity index is 1.85. The van der Waals surface area contributed by atoms with Gasteiger partial charge in [0.1, 0.15) is 5.56 Å². The second kappa shape index (κ2) is 5.42. The summed E-state index contributed by atoms with van der Waals surface area (Å²) in [5, 5.41) is 0. The van der Waals surface area contributed by atoms with E-state index in [-0.39, 0.29) is 18.1 Å². The molecule has 2 aromatic rings. The van der Waals surface area contributed by atoms with Gasteiger partial charge in [0.15, 0.2) is 0 Å². The number of esters is 1. The van der Waals surface area contributed by atoms with Crippen LogP contribution in [0.1, 0.15) is 35.7 Å². The minimum atomic E-state index is -0.794. The number of anilines is 1. The van der Waals surface area contributed by atoms with Gasteiger partial charge in [-0.15, -0.1) is 0 Å². The topological polar surface area (TPSA) is 101 Å². The van der Waals surface area contributed by atoms with Gasteiger partial charge in [-0.05, 0) is 43.5 Å². The second-order valence-electron chi connectivity index (χ2n) is 6.54. The van der Waals surface area contributed by atoms with Gasteiger partial charge in [0.25, 0.3) is 5.56 Å². The Labute approximate surface area is 148 Å². The largest absolute Gasteiger partial charge is 0.462 e. The number of benzene rings is 1. The Morgan fingerprint density at radius 2 is 2.00 bits per heavy atom. The first-order valence-electron chi connectivity index (χ1n) is 8.35. The number of nitrogens with zero attached hydrogens (tertiary/aromatic N) is 2. The van der Waals surface area contributed by atoms with Crippen molar-refractivity contribution in [1.29, 1.82) is 0 Å². The van der Waals surface area contributed by atoms with E-state index in [1.165, 1.54) is 10.8 Å². The highest BCUT2D eigenvalue weighted by Crippen LogP contribution is 2.57. The van der Waals surface area contributed by atoms with Crippen molar-refractivity contribution in [3.05, 3.63) is 56.4 Å². The molecule has 1 aromatic carbocycles. The number of ether oxygens (including phenoxy) is 1. The summed E-state index contributed by atoms with van der Waals surface area (Å²) in [6, 6.07) is 5.23. The molecule has 4 rings (SSSR count). The van der Waals surface area contributed by atoms with E-state index < -0.39 is 22.6 Å². The summed E-state index contributed by atoms with van der Waals surface area (Å²) in [6.45, 7) is 1.75. The van der Waals surface area contributed by atoms with Gasteiger partial charge in [-0.25, -0.2) is 9.59 Å². The zero-order valence-corrected chi connectivity index (χ0v) is 14.4. The molecule has 8 nitrogen and oxygen atoms in total. The Hall–Kier alpha value is -3.16. The molecule has 1 saturated carbocycles. The predicted octanol–water partition coefficient (Wildman–Crippen LogP) is 0.710. The molecule has 0 atom stereocenters. The fraction of sp³-hybridized carbons (Fsp3) is 0.333. The molecule has 2 aliphatic rings. The van der Waals surface area contributed by atoms with Gasteiger partial charge in [0.05, 0.1) is 17.7 Å². The van der Waals surface area contributed by atoms with Crippen LogP contribution in [-0.4, -0.2) is 35.1 Å². The zero-order chi connectivity index (χ0) is 18.6. The molecule has 0 saturated heterocycles. The van der Waals surface area contributed by atoms with Gasteiger partial charge >= 0.3 is 11.7 Å². The van der Waals surface area contributed by atoms with Crippen molar-refractivity contribution in [3.8, 4) is 5.69 Å². The third-order valence-electron chi connectivity index (χ3n) is 5.04. The monoisotopic (exact) mass is 355 g/mol. The van der Waals surface area contributed by atoms with E-state index in [2.05, 4.69) is 4.98 Å². The third kappa shape index (κ3) is 2.15. The second-order valence-corrected chi connectivity index (χ2v) is 6.54. The number of carbonyl (C=O) groups excluding carboxylic acids is 2. The molecule has 0 radical (unpaired) electrons. The Morgan fingerprint density at radius 1 is 1.27 bits per heavy atom. The molecule has 0 bridgehead atoms. The highest BCUT2D eigenvalue weighted by molar-refractivity contribution is 6.10. The number of nitrogens with one attached hydrogen (secondary N) is 1. The van der Waals surface area contributed by atoms with Gasteiger partial charge in [0, 0.05) is 18.9 Å². The normalized spacial score (nSPS) is 16.7. The maximum atomic E-state index is 12.5. The summed E-state index contributed by atoms with van der Waals surface area (Å²) in [6.07, 6.45) is 2.74. The van der Waals surface area contributed by atoms with Crippen LogP contribution in [0, 0.1) is 0 Å².